The van der Waals surface area contributed by atoms with Crippen LogP contribution >= 0.6 is 0 Å². The van der Waals surface area contributed by atoms with Gasteiger partial charge >= 0.3 is 6.18 Å². The van der Waals surface area contributed by atoms with Gasteiger partial charge in [-0.25, -0.2) is 0 Å². The lowest BCUT2D eigenvalue weighted by Gasteiger charge is -2.12. The fraction of sp³-hybridized carbons (Fsp3) is 0.235. The summed E-state index contributed by atoms with van der Waals surface area (Å²) in [6.45, 7) is 0. The molecule has 0 N–H and O–H groups in total. The number of hydrogen-bond donors (Lipinski definition) is 0. The van der Waals surface area contributed by atoms with E-state index >= 15 is 0 Å². The van der Waals surface area contributed by atoms with Crippen LogP contribution in [0.15, 0.2) is 42.5 Å². The van der Waals surface area contributed by atoms with Crippen molar-refractivity contribution < 1.29 is 18.0 Å². The number of carbonyl (C=O) groups is 1. The Bertz CT molecular complexity index is 701. The SMILES string of the molecule is O=C(c1ccc2c(c1)CCC2)c1ccccc1C(F)(F)F. The second kappa shape index (κ2) is 5.02. The van der Waals surface area contributed by atoms with Gasteiger partial charge in [-0.1, -0.05) is 30.3 Å². The minimum Gasteiger partial charge on any atom is -0.289 e. The Morgan fingerprint density at radius 1 is 0.952 bits per heavy atom. The van der Waals surface area contributed by atoms with Crippen molar-refractivity contribution in [2.24, 2.45) is 0 Å². The van der Waals surface area contributed by atoms with Crippen molar-refractivity contribution >= 4 is 5.78 Å². The number of carbonyl (C=O) groups excluding carboxylic acids is 1. The smallest absolute Gasteiger partial charge is 0.289 e. The molecule has 0 aliphatic heterocycles. The fourth-order valence-electron chi connectivity index (χ4n) is 2.80. The summed E-state index contributed by atoms with van der Waals surface area (Å²) in [6.07, 6.45) is -1.63. The van der Waals surface area contributed by atoms with Gasteiger partial charge in [0.1, 0.15) is 0 Å². The van der Waals surface area contributed by atoms with Gasteiger partial charge in [0.15, 0.2) is 5.78 Å². The second-order valence-electron chi connectivity index (χ2n) is 5.21. The van der Waals surface area contributed by atoms with Gasteiger partial charge in [-0.05, 0) is 42.5 Å². The lowest BCUT2D eigenvalue weighted by Crippen LogP contribution is -2.13. The molecule has 0 amide bonds. The van der Waals surface area contributed by atoms with Gasteiger partial charge in [0.05, 0.1) is 5.56 Å². The van der Waals surface area contributed by atoms with Gasteiger partial charge in [0.2, 0.25) is 0 Å². The van der Waals surface area contributed by atoms with E-state index in [1.54, 1.807) is 12.1 Å². The van der Waals surface area contributed by atoms with Gasteiger partial charge < -0.3 is 0 Å². The van der Waals surface area contributed by atoms with Crippen LogP contribution in [0.3, 0.4) is 0 Å². The molecule has 1 nitrogen and oxygen atoms in total. The largest absolute Gasteiger partial charge is 0.417 e. The van der Waals surface area contributed by atoms with Gasteiger partial charge in [-0.2, -0.15) is 13.2 Å². The fourth-order valence-corrected chi connectivity index (χ4v) is 2.80. The summed E-state index contributed by atoms with van der Waals surface area (Å²) in [6, 6.07) is 10.1. The molecule has 21 heavy (non-hydrogen) atoms. The molecule has 0 saturated heterocycles. The van der Waals surface area contributed by atoms with E-state index in [2.05, 4.69) is 0 Å². The van der Waals surface area contributed by atoms with E-state index < -0.39 is 17.5 Å². The van der Waals surface area contributed by atoms with E-state index in [9.17, 15) is 18.0 Å². The lowest BCUT2D eigenvalue weighted by atomic mass is 9.96. The molecule has 0 heterocycles. The van der Waals surface area contributed by atoms with Crippen LogP contribution in [0.2, 0.25) is 0 Å². The minimum atomic E-state index is -4.52. The maximum absolute atomic E-state index is 13.0. The third kappa shape index (κ3) is 2.58. The van der Waals surface area contributed by atoms with Crippen LogP contribution in [-0.2, 0) is 19.0 Å². The van der Waals surface area contributed by atoms with Crippen molar-refractivity contribution in [1.29, 1.82) is 0 Å². The molecule has 1 aliphatic carbocycles. The molecule has 1 aliphatic rings. The van der Waals surface area contributed by atoms with Crippen LogP contribution in [0.4, 0.5) is 13.2 Å². The van der Waals surface area contributed by atoms with Crippen LogP contribution in [0.25, 0.3) is 0 Å². The van der Waals surface area contributed by atoms with Crippen LogP contribution in [0, 0.1) is 0 Å². The van der Waals surface area contributed by atoms with E-state index in [1.807, 2.05) is 6.07 Å². The van der Waals surface area contributed by atoms with Crippen molar-refractivity contribution in [1.82, 2.24) is 0 Å². The standard InChI is InChI=1S/C17H13F3O/c18-17(19,20)15-7-2-1-6-14(15)16(21)13-9-8-11-4-3-5-12(11)10-13/h1-2,6-10H,3-5H2. The number of alkyl halides is 3. The number of benzene rings is 2. The summed E-state index contributed by atoms with van der Waals surface area (Å²) in [4.78, 5) is 12.4. The van der Waals surface area contributed by atoms with Gasteiger partial charge in [0.25, 0.3) is 0 Å². The highest BCUT2D eigenvalue weighted by atomic mass is 19.4. The van der Waals surface area contributed by atoms with E-state index in [-0.39, 0.29) is 5.56 Å². The van der Waals surface area contributed by atoms with Crippen LogP contribution in [0.1, 0.15) is 39.0 Å². The highest BCUT2D eigenvalue weighted by molar-refractivity contribution is 6.10. The van der Waals surface area contributed by atoms with Crippen LogP contribution < -0.4 is 0 Å². The first-order chi connectivity index (χ1) is 9.97. The van der Waals surface area contributed by atoms with Gasteiger partial charge in [0, 0.05) is 11.1 Å². The summed E-state index contributed by atoms with van der Waals surface area (Å²) in [5, 5.41) is 0. The zero-order valence-electron chi connectivity index (χ0n) is 11.2. The zero-order valence-corrected chi connectivity index (χ0v) is 11.2. The first-order valence-electron chi connectivity index (χ1n) is 6.79. The average Bonchev–Trinajstić information content (AvgIpc) is 2.93. The number of fused-ring (bicyclic) bond motifs is 1. The summed E-state index contributed by atoms with van der Waals surface area (Å²) < 4.78 is 39.0. The number of aryl methyl sites for hydroxylation is 2. The summed E-state index contributed by atoms with van der Waals surface area (Å²) in [5.74, 6) is -0.572. The van der Waals surface area contributed by atoms with Gasteiger partial charge in [-0.3, -0.25) is 4.79 Å². The Balaban J connectivity index is 2.03. The molecule has 0 bridgehead atoms. The molecule has 0 spiro atoms. The Labute approximate surface area is 120 Å². The van der Waals surface area contributed by atoms with E-state index in [0.717, 1.165) is 30.9 Å². The van der Waals surface area contributed by atoms with Crippen molar-refractivity contribution in [3.05, 3.63) is 70.3 Å². The van der Waals surface area contributed by atoms with E-state index in [4.69, 9.17) is 0 Å². The predicted octanol–water partition coefficient (Wildman–Crippen LogP) is 4.43. The number of ketones is 1. The van der Waals surface area contributed by atoms with Crippen molar-refractivity contribution in [2.75, 3.05) is 0 Å². The molecule has 4 heteroatoms. The third-order valence-corrected chi connectivity index (χ3v) is 3.84. The van der Waals surface area contributed by atoms with Crippen LogP contribution in [0.5, 0.6) is 0 Å². The molecule has 2 aromatic rings. The topological polar surface area (TPSA) is 17.1 Å². The molecule has 2 aromatic carbocycles. The molecule has 0 aromatic heterocycles. The van der Waals surface area contributed by atoms with E-state index in [0.29, 0.717) is 5.56 Å². The number of hydrogen-bond acceptors (Lipinski definition) is 1. The molecule has 0 atom stereocenters. The Kier molecular flexibility index (Phi) is 3.32. The van der Waals surface area contributed by atoms with Gasteiger partial charge in [-0.15, -0.1) is 0 Å². The molecule has 0 saturated carbocycles. The Morgan fingerprint density at radius 2 is 1.67 bits per heavy atom. The molecule has 0 radical (unpaired) electrons. The average molecular weight is 290 g/mol. The molecular formula is C17H13F3O. The predicted molar refractivity (Wildman–Crippen MR) is 73.3 cm³/mol. The van der Waals surface area contributed by atoms with Crippen molar-refractivity contribution in [3.8, 4) is 0 Å². The van der Waals surface area contributed by atoms with Crippen molar-refractivity contribution in [3.63, 3.8) is 0 Å². The molecular weight excluding hydrogens is 277 g/mol. The quantitative estimate of drug-likeness (QED) is 0.748. The van der Waals surface area contributed by atoms with Crippen LogP contribution in [-0.4, -0.2) is 5.78 Å². The first kappa shape index (κ1) is 13.9. The lowest BCUT2D eigenvalue weighted by molar-refractivity contribution is -0.137. The minimum absolute atomic E-state index is 0.289. The zero-order chi connectivity index (χ0) is 15.0. The Morgan fingerprint density at radius 3 is 2.43 bits per heavy atom. The van der Waals surface area contributed by atoms with E-state index in [1.165, 1.54) is 23.8 Å². The maximum Gasteiger partial charge on any atom is 0.417 e. The molecule has 3 rings (SSSR count). The monoisotopic (exact) mass is 290 g/mol. The number of halogens is 3. The summed E-state index contributed by atoms with van der Waals surface area (Å²) in [7, 11) is 0. The molecule has 0 fully saturated rings. The first-order valence-corrected chi connectivity index (χ1v) is 6.79. The number of rotatable bonds is 2. The highest BCUT2D eigenvalue weighted by Gasteiger charge is 2.35. The normalized spacial score (nSPS) is 14.0. The molecule has 0 unspecified atom stereocenters. The van der Waals surface area contributed by atoms with Crippen molar-refractivity contribution in [2.45, 2.75) is 25.4 Å². The maximum atomic E-state index is 13.0. The highest BCUT2D eigenvalue weighted by Crippen LogP contribution is 2.33. The second-order valence-corrected chi connectivity index (χ2v) is 5.21. The summed E-state index contributed by atoms with van der Waals surface area (Å²) in [5.41, 5.74) is 1.42. The third-order valence-electron chi connectivity index (χ3n) is 3.84. The summed E-state index contributed by atoms with van der Waals surface area (Å²) >= 11 is 0. The molecule has 108 valence electrons. The Hall–Kier alpha value is -2.10.